The molecule has 0 unspecified atom stereocenters. The number of fused-ring (bicyclic) bond motifs is 1. The zero-order chi connectivity index (χ0) is 10.7. The summed E-state index contributed by atoms with van der Waals surface area (Å²) in [5.74, 6) is 0.761. The van der Waals surface area contributed by atoms with Gasteiger partial charge in [-0.15, -0.1) is 0 Å². The third-order valence-electron chi connectivity index (χ3n) is 2.78. The van der Waals surface area contributed by atoms with Crippen LogP contribution in [0.2, 0.25) is 0 Å². The Balaban J connectivity index is 2.34. The standard InChI is InChI=1S/C15H17/c1-12(2)10-11-14-8-5-7-13-6-3-4-9-15(13)14/h3-7,9,12H,10-11H2,1-2H3. The molecule has 2 aromatic carbocycles. The Bertz CT molecular complexity index is 435. The number of benzene rings is 2. The Morgan fingerprint density at radius 1 is 1.13 bits per heavy atom. The Hall–Kier alpha value is -1.30. The maximum Gasteiger partial charge on any atom is -0.0143 e. The second-order valence-electron chi connectivity index (χ2n) is 4.48. The van der Waals surface area contributed by atoms with E-state index in [0.717, 1.165) is 12.3 Å². The van der Waals surface area contributed by atoms with Crippen LogP contribution < -0.4 is 0 Å². The molecule has 2 aromatic rings. The highest BCUT2D eigenvalue weighted by atomic mass is 14.1. The molecule has 0 atom stereocenters. The molecule has 0 aliphatic heterocycles. The van der Waals surface area contributed by atoms with Gasteiger partial charge in [0.25, 0.3) is 0 Å². The van der Waals surface area contributed by atoms with Crippen molar-refractivity contribution in [3.05, 3.63) is 48.0 Å². The molecule has 0 fully saturated rings. The van der Waals surface area contributed by atoms with Gasteiger partial charge in [0.2, 0.25) is 0 Å². The Kier molecular flexibility index (Phi) is 3.05. The van der Waals surface area contributed by atoms with Crippen LogP contribution in [0.5, 0.6) is 0 Å². The van der Waals surface area contributed by atoms with Crippen molar-refractivity contribution in [2.45, 2.75) is 26.7 Å². The van der Waals surface area contributed by atoms with E-state index in [0.29, 0.717) is 0 Å². The van der Waals surface area contributed by atoms with Gasteiger partial charge >= 0.3 is 0 Å². The molecule has 0 N–H and O–H groups in total. The van der Waals surface area contributed by atoms with Crippen molar-refractivity contribution in [3.8, 4) is 0 Å². The average Bonchev–Trinajstić information content (AvgIpc) is 2.26. The first kappa shape index (κ1) is 10.2. The van der Waals surface area contributed by atoms with Crippen LogP contribution in [0, 0.1) is 12.0 Å². The molecule has 0 bridgehead atoms. The molecular formula is C15H17. The molecule has 0 aliphatic carbocycles. The third kappa shape index (κ3) is 2.38. The fourth-order valence-corrected chi connectivity index (χ4v) is 1.87. The summed E-state index contributed by atoms with van der Waals surface area (Å²) in [4.78, 5) is 0. The fourth-order valence-electron chi connectivity index (χ4n) is 1.87. The van der Waals surface area contributed by atoms with Crippen molar-refractivity contribution in [2.75, 3.05) is 0 Å². The summed E-state index contributed by atoms with van der Waals surface area (Å²) in [5.41, 5.74) is 1.36. The molecule has 77 valence electrons. The van der Waals surface area contributed by atoms with Crippen LogP contribution in [0.3, 0.4) is 0 Å². The van der Waals surface area contributed by atoms with Gasteiger partial charge in [-0.1, -0.05) is 50.2 Å². The van der Waals surface area contributed by atoms with Gasteiger partial charge in [0, 0.05) is 0 Å². The lowest BCUT2D eigenvalue weighted by Crippen LogP contribution is -1.93. The van der Waals surface area contributed by atoms with E-state index in [4.69, 9.17) is 0 Å². The molecule has 0 heterocycles. The van der Waals surface area contributed by atoms with Crippen molar-refractivity contribution in [2.24, 2.45) is 5.92 Å². The second-order valence-corrected chi connectivity index (χ2v) is 4.48. The van der Waals surface area contributed by atoms with Crippen LogP contribution in [0.25, 0.3) is 10.8 Å². The number of aryl methyl sites for hydroxylation is 1. The van der Waals surface area contributed by atoms with E-state index < -0.39 is 0 Å². The van der Waals surface area contributed by atoms with Crippen LogP contribution in [0.1, 0.15) is 25.8 Å². The summed E-state index contributed by atoms with van der Waals surface area (Å²) in [6, 6.07) is 16.1. The maximum absolute atomic E-state index is 3.37. The first-order valence-corrected chi connectivity index (χ1v) is 5.65. The van der Waals surface area contributed by atoms with Crippen molar-refractivity contribution in [3.63, 3.8) is 0 Å². The number of hydrogen-bond acceptors (Lipinski definition) is 0. The van der Waals surface area contributed by atoms with Gasteiger partial charge < -0.3 is 0 Å². The summed E-state index contributed by atoms with van der Waals surface area (Å²) in [6.45, 7) is 4.54. The first-order valence-electron chi connectivity index (χ1n) is 5.65. The van der Waals surface area contributed by atoms with Gasteiger partial charge in [0.05, 0.1) is 0 Å². The minimum atomic E-state index is 0.761. The number of hydrogen-bond donors (Lipinski definition) is 0. The SMILES string of the molecule is CC(C)CCc1[c]ccc2ccccc12. The van der Waals surface area contributed by atoms with Crippen molar-refractivity contribution >= 4 is 10.8 Å². The van der Waals surface area contributed by atoms with Gasteiger partial charge in [-0.25, -0.2) is 0 Å². The molecule has 0 aliphatic rings. The predicted octanol–water partition coefficient (Wildman–Crippen LogP) is 4.23. The first-order chi connectivity index (χ1) is 7.27. The highest BCUT2D eigenvalue weighted by Crippen LogP contribution is 2.20. The van der Waals surface area contributed by atoms with Gasteiger partial charge in [-0.3, -0.25) is 0 Å². The maximum atomic E-state index is 3.37. The van der Waals surface area contributed by atoms with Gasteiger partial charge in [-0.2, -0.15) is 0 Å². The quantitative estimate of drug-likeness (QED) is 0.690. The van der Waals surface area contributed by atoms with E-state index in [1.807, 2.05) is 6.07 Å². The highest BCUT2D eigenvalue weighted by molar-refractivity contribution is 5.85. The normalized spacial score (nSPS) is 11.1. The molecule has 0 amide bonds. The molecule has 0 aromatic heterocycles. The van der Waals surface area contributed by atoms with Crippen LogP contribution in [0.15, 0.2) is 36.4 Å². The minimum Gasteiger partial charge on any atom is -0.0628 e. The molecule has 0 heteroatoms. The van der Waals surface area contributed by atoms with Gasteiger partial charge in [0.1, 0.15) is 0 Å². The Morgan fingerprint density at radius 3 is 2.73 bits per heavy atom. The summed E-state index contributed by atoms with van der Waals surface area (Å²) >= 11 is 0. The van der Waals surface area contributed by atoms with Gasteiger partial charge in [0.15, 0.2) is 0 Å². The van der Waals surface area contributed by atoms with E-state index in [1.54, 1.807) is 0 Å². The second kappa shape index (κ2) is 4.48. The third-order valence-corrected chi connectivity index (χ3v) is 2.78. The van der Waals surface area contributed by atoms with Crippen LogP contribution in [0.4, 0.5) is 0 Å². The Labute approximate surface area is 91.9 Å². The molecule has 0 spiro atoms. The molecule has 1 radical (unpaired) electrons. The highest BCUT2D eigenvalue weighted by Gasteiger charge is 2.01. The summed E-state index contributed by atoms with van der Waals surface area (Å²) in [7, 11) is 0. The van der Waals surface area contributed by atoms with Crippen molar-refractivity contribution < 1.29 is 0 Å². The zero-order valence-electron chi connectivity index (χ0n) is 9.46. The van der Waals surface area contributed by atoms with Crippen molar-refractivity contribution in [1.29, 1.82) is 0 Å². The van der Waals surface area contributed by atoms with Crippen molar-refractivity contribution in [1.82, 2.24) is 0 Å². The van der Waals surface area contributed by atoms with E-state index in [-0.39, 0.29) is 0 Å². The molecule has 0 saturated carbocycles. The summed E-state index contributed by atoms with van der Waals surface area (Å²) < 4.78 is 0. The monoisotopic (exact) mass is 197 g/mol. The Morgan fingerprint density at radius 2 is 1.93 bits per heavy atom. The molecular weight excluding hydrogens is 180 g/mol. The van der Waals surface area contributed by atoms with Crippen LogP contribution in [-0.4, -0.2) is 0 Å². The lowest BCUT2D eigenvalue weighted by molar-refractivity contribution is 0.588. The van der Waals surface area contributed by atoms with Crippen LogP contribution >= 0.6 is 0 Å². The summed E-state index contributed by atoms with van der Waals surface area (Å²) in [6.07, 6.45) is 2.38. The predicted molar refractivity (Wildman–Crippen MR) is 65.9 cm³/mol. The fraction of sp³-hybridized carbons (Fsp3) is 0.333. The average molecular weight is 197 g/mol. The van der Waals surface area contributed by atoms with E-state index in [9.17, 15) is 0 Å². The van der Waals surface area contributed by atoms with Crippen LogP contribution in [-0.2, 0) is 6.42 Å². The number of rotatable bonds is 3. The lowest BCUT2D eigenvalue weighted by atomic mass is 9.97. The topological polar surface area (TPSA) is 0 Å². The van der Waals surface area contributed by atoms with Gasteiger partial charge in [-0.05, 0) is 41.2 Å². The molecule has 0 saturated heterocycles. The molecule has 2 rings (SSSR count). The largest absolute Gasteiger partial charge is 0.0628 e. The minimum absolute atomic E-state index is 0.761. The van der Waals surface area contributed by atoms with E-state index in [1.165, 1.54) is 22.8 Å². The summed E-state index contributed by atoms with van der Waals surface area (Å²) in [5, 5.41) is 2.69. The zero-order valence-corrected chi connectivity index (χ0v) is 9.46. The smallest absolute Gasteiger partial charge is 0.0143 e. The molecule has 0 nitrogen and oxygen atoms in total. The van der Waals surface area contributed by atoms with E-state index in [2.05, 4.69) is 50.2 Å². The lowest BCUT2D eigenvalue weighted by Gasteiger charge is -2.07. The van der Waals surface area contributed by atoms with E-state index >= 15 is 0 Å². The molecule has 15 heavy (non-hydrogen) atoms.